The minimum absolute atomic E-state index is 0.0592. The molecule has 10 heteroatoms. The lowest BCUT2D eigenvalue weighted by atomic mass is 10.0. The van der Waals surface area contributed by atoms with Gasteiger partial charge in [-0.05, 0) is 30.9 Å². The molecule has 0 unspecified atom stereocenters. The van der Waals surface area contributed by atoms with Gasteiger partial charge in [0.1, 0.15) is 18.1 Å². The van der Waals surface area contributed by atoms with Crippen LogP contribution in [0.25, 0.3) is 0 Å². The Bertz CT molecular complexity index is 1050. The lowest BCUT2D eigenvalue weighted by Crippen LogP contribution is -2.56. The molecule has 0 fully saturated rings. The standard InChI is InChI=1S/C26H33N5O5/c1-17(29-23(33)15-12-18-8-4-2-5-9-18)25(35)31-21(16-19-10-6-3-7-11-19)26(36)30-20(24(28)34)13-14-22(27)32/h2-11,17,20-21H,12-16H2,1H3,(H2,27,32)(H2,28,34)(H,29,33)(H,30,36)(H,31,35)/t17-,20+,21+/m1/s1. The van der Waals surface area contributed by atoms with Gasteiger partial charge >= 0.3 is 0 Å². The van der Waals surface area contributed by atoms with Crippen LogP contribution in [0.4, 0.5) is 0 Å². The van der Waals surface area contributed by atoms with E-state index in [1.54, 1.807) is 24.3 Å². The van der Waals surface area contributed by atoms with Gasteiger partial charge in [-0.1, -0.05) is 60.7 Å². The molecule has 36 heavy (non-hydrogen) atoms. The Labute approximate surface area is 210 Å². The second kappa shape index (κ2) is 14.2. The van der Waals surface area contributed by atoms with E-state index in [1.165, 1.54) is 6.92 Å². The summed E-state index contributed by atoms with van der Waals surface area (Å²) in [5.41, 5.74) is 12.3. The normalized spacial score (nSPS) is 13.0. The summed E-state index contributed by atoms with van der Waals surface area (Å²) in [5.74, 6) is -2.98. The maximum atomic E-state index is 13.0. The number of hydrogen-bond donors (Lipinski definition) is 5. The molecule has 0 aliphatic carbocycles. The van der Waals surface area contributed by atoms with Crippen molar-refractivity contribution in [2.24, 2.45) is 11.5 Å². The van der Waals surface area contributed by atoms with Crippen LogP contribution in [0.15, 0.2) is 60.7 Å². The van der Waals surface area contributed by atoms with E-state index in [-0.39, 0.29) is 31.6 Å². The van der Waals surface area contributed by atoms with E-state index >= 15 is 0 Å². The van der Waals surface area contributed by atoms with E-state index in [2.05, 4.69) is 16.0 Å². The van der Waals surface area contributed by atoms with Crippen LogP contribution in [0.3, 0.4) is 0 Å². The van der Waals surface area contributed by atoms with Crippen molar-refractivity contribution in [1.82, 2.24) is 16.0 Å². The van der Waals surface area contributed by atoms with Crippen LogP contribution >= 0.6 is 0 Å². The molecular formula is C26H33N5O5. The number of primary amides is 2. The average Bonchev–Trinajstić information content (AvgIpc) is 2.85. The smallest absolute Gasteiger partial charge is 0.243 e. The number of benzene rings is 2. The quantitative estimate of drug-likeness (QED) is 0.249. The van der Waals surface area contributed by atoms with Gasteiger partial charge in [0, 0.05) is 19.3 Å². The van der Waals surface area contributed by atoms with Gasteiger partial charge in [-0.2, -0.15) is 0 Å². The maximum Gasteiger partial charge on any atom is 0.243 e. The van der Waals surface area contributed by atoms with Gasteiger partial charge in [-0.3, -0.25) is 24.0 Å². The summed E-state index contributed by atoms with van der Waals surface area (Å²) in [5, 5.41) is 7.78. The topological polar surface area (TPSA) is 173 Å². The molecule has 0 radical (unpaired) electrons. The monoisotopic (exact) mass is 495 g/mol. The van der Waals surface area contributed by atoms with Gasteiger partial charge in [0.2, 0.25) is 29.5 Å². The molecule has 7 N–H and O–H groups in total. The first-order valence-corrected chi connectivity index (χ1v) is 11.7. The number of rotatable bonds is 14. The number of hydrogen-bond acceptors (Lipinski definition) is 5. The highest BCUT2D eigenvalue weighted by atomic mass is 16.2. The van der Waals surface area contributed by atoms with Crippen LogP contribution < -0.4 is 27.4 Å². The molecule has 0 bridgehead atoms. The predicted octanol–water partition coefficient (Wildman–Crippen LogP) is 0.0870. The van der Waals surface area contributed by atoms with Crippen molar-refractivity contribution in [1.29, 1.82) is 0 Å². The van der Waals surface area contributed by atoms with Gasteiger partial charge in [0.25, 0.3) is 0 Å². The summed E-state index contributed by atoms with van der Waals surface area (Å²) in [6.07, 6.45) is 0.663. The Kier molecular flexibility index (Phi) is 11.1. The van der Waals surface area contributed by atoms with Crippen LogP contribution in [-0.2, 0) is 36.8 Å². The molecule has 0 saturated heterocycles. The van der Waals surface area contributed by atoms with Crippen molar-refractivity contribution in [2.45, 2.75) is 57.2 Å². The Balaban J connectivity index is 2.02. The number of carbonyl (C=O) groups excluding carboxylic acids is 5. The molecule has 3 atom stereocenters. The molecule has 0 heterocycles. The third-order valence-electron chi connectivity index (χ3n) is 5.51. The summed E-state index contributed by atoms with van der Waals surface area (Å²) < 4.78 is 0. The van der Waals surface area contributed by atoms with E-state index in [9.17, 15) is 24.0 Å². The lowest BCUT2D eigenvalue weighted by molar-refractivity contribution is -0.133. The Morgan fingerprint density at radius 1 is 0.722 bits per heavy atom. The van der Waals surface area contributed by atoms with E-state index in [1.807, 2.05) is 36.4 Å². The number of nitrogens with two attached hydrogens (primary N) is 2. The minimum Gasteiger partial charge on any atom is -0.370 e. The number of carbonyl (C=O) groups is 5. The highest BCUT2D eigenvalue weighted by Crippen LogP contribution is 2.06. The molecule has 5 amide bonds. The fourth-order valence-corrected chi connectivity index (χ4v) is 3.48. The Morgan fingerprint density at radius 2 is 1.28 bits per heavy atom. The second-order valence-corrected chi connectivity index (χ2v) is 8.49. The van der Waals surface area contributed by atoms with Gasteiger partial charge in [0.05, 0.1) is 0 Å². The molecule has 2 aromatic rings. The van der Waals surface area contributed by atoms with Crippen molar-refractivity contribution in [2.75, 3.05) is 0 Å². The predicted molar refractivity (Wildman–Crippen MR) is 134 cm³/mol. The van der Waals surface area contributed by atoms with Crippen molar-refractivity contribution < 1.29 is 24.0 Å². The Hall–Kier alpha value is -4.21. The lowest BCUT2D eigenvalue weighted by Gasteiger charge is -2.23. The molecule has 0 spiro atoms. The summed E-state index contributed by atoms with van der Waals surface area (Å²) in [6, 6.07) is 15.4. The summed E-state index contributed by atoms with van der Waals surface area (Å²) >= 11 is 0. The largest absolute Gasteiger partial charge is 0.370 e. The zero-order valence-corrected chi connectivity index (χ0v) is 20.2. The number of nitrogens with one attached hydrogen (secondary N) is 3. The highest BCUT2D eigenvalue weighted by Gasteiger charge is 2.28. The molecule has 0 aliphatic rings. The van der Waals surface area contributed by atoms with E-state index in [0.29, 0.717) is 6.42 Å². The van der Waals surface area contributed by atoms with Crippen LogP contribution in [0.2, 0.25) is 0 Å². The number of aryl methyl sites for hydroxylation is 1. The van der Waals surface area contributed by atoms with Gasteiger partial charge < -0.3 is 27.4 Å². The zero-order chi connectivity index (χ0) is 26.5. The number of amides is 5. The van der Waals surface area contributed by atoms with Crippen LogP contribution in [0, 0.1) is 0 Å². The fraction of sp³-hybridized carbons (Fsp3) is 0.346. The zero-order valence-electron chi connectivity index (χ0n) is 20.2. The van der Waals surface area contributed by atoms with E-state index < -0.39 is 41.8 Å². The summed E-state index contributed by atoms with van der Waals surface area (Å²) in [6.45, 7) is 1.52. The van der Waals surface area contributed by atoms with Crippen LogP contribution in [0.1, 0.15) is 37.3 Å². The molecule has 2 aromatic carbocycles. The first kappa shape index (κ1) is 28.0. The molecule has 10 nitrogen and oxygen atoms in total. The molecule has 0 aliphatic heterocycles. The highest BCUT2D eigenvalue weighted by molar-refractivity contribution is 5.94. The summed E-state index contributed by atoms with van der Waals surface area (Å²) in [4.78, 5) is 61.0. The molecule has 0 saturated carbocycles. The second-order valence-electron chi connectivity index (χ2n) is 8.49. The molecule has 0 aromatic heterocycles. The SMILES string of the molecule is C[C@@H](NC(=O)CCc1ccccc1)C(=O)N[C@@H](Cc1ccccc1)C(=O)N[C@@H](CCC(N)=O)C(N)=O. The minimum atomic E-state index is -1.13. The Morgan fingerprint density at radius 3 is 1.83 bits per heavy atom. The van der Waals surface area contributed by atoms with Gasteiger partial charge in [-0.15, -0.1) is 0 Å². The fourth-order valence-electron chi connectivity index (χ4n) is 3.48. The van der Waals surface area contributed by atoms with Gasteiger partial charge in [0.15, 0.2) is 0 Å². The third kappa shape index (κ3) is 9.96. The van der Waals surface area contributed by atoms with Gasteiger partial charge in [-0.25, -0.2) is 0 Å². The van der Waals surface area contributed by atoms with Crippen LogP contribution in [-0.4, -0.2) is 47.7 Å². The van der Waals surface area contributed by atoms with E-state index in [4.69, 9.17) is 11.5 Å². The first-order chi connectivity index (χ1) is 17.2. The summed E-state index contributed by atoms with van der Waals surface area (Å²) in [7, 11) is 0. The molecule has 2 rings (SSSR count). The molecular weight excluding hydrogens is 462 g/mol. The van der Waals surface area contributed by atoms with Crippen molar-refractivity contribution in [3.63, 3.8) is 0 Å². The van der Waals surface area contributed by atoms with Crippen LogP contribution in [0.5, 0.6) is 0 Å². The maximum absolute atomic E-state index is 13.0. The van der Waals surface area contributed by atoms with E-state index in [0.717, 1.165) is 11.1 Å². The first-order valence-electron chi connectivity index (χ1n) is 11.7. The van der Waals surface area contributed by atoms with Crippen molar-refractivity contribution >= 4 is 29.5 Å². The average molecular weight is 496 g/mol. The van der Waals surface area contributed by atoms with Crippen molar-refractivity contribution in [3.8, 4) is 0 Å². The molecule has 192 valence electrons. The van der Waals surface area contributed by atoms with Crippen molar-refractivity contribution in [3.05, 3.63) is 71.8 Å². The third-order valence-corrected chi connectivity index (χ3v) is 5.51.